The Balaban J connectivity index is 0.837. The van der Waals surface area contributed by atoms with Gasteiger partial charge >= 0.3 is 10.2 Å². The summed E-state index contributed by atoms with van der Waals surface area (Å²) in [6, 6.07) is 16.0. The number of amides is 3. The van der Waals surface area contributed by atoms with E-state index in [9.17, 15) is 27.6 Å². The number of imide groups is 1. The molecule has 0 bridgehead atoms. The first-order chi connectivity index (χ1) is 28.4. The van der Waals surface area contributed by atoms with E-state index in [4.69, 9.17) is 4.74 Å². The van der Waals surface area contributed by atoms with Crippen molar-refractivity contribution in [2.24, 2.45) is 5.92 Å². The van der Waals surface area contributed by atoms with E-state index in [1.807, 2.05) is 42.5 Å². The molecule has 4 aliphatic heterocycles. The molecule has 0 aliphatic carbocycles. The number of rotatable bonds is 11. The summed E-state index contributed by atoms with van der Waals surface area (Å²) in [5.41, 5.74) is 2.74. The van der Waals surface area contributed by atoms with Gasteiger partial charge in [0, 0.05) is 85.2 Å². The molecule has 0 unspecified atom stereocenters. The number of halogens is 2. The van der Waals surface area contributed by atoms with Crippen LogP contribution in [0, 0.1) is 17.6 Å². The van der Waals surface area contributed by atoms with Gasteiger partial charge in [0.25, 0.3) is 5.91 Å². The average Bonchev–Trinajstić information content (AvgIpc) is 4.06. The van der Waals surface area contributed by atoms with Crippen LogP contribution in [-0.4, -0.2) is 89.9 Å². The molecule has 3 fully saturated rings. The number of hydrogen-bond donors (Lipinski definition) is 3. The first-order valence-corrected chi connectivity index (χ1v) is 20.9. The van der Waals surface area contributed by atoms with E-state index < -0.39 is 50.8 Å². The van der Waals surface area contributed by atoms with Gasteiger partial charge in [-0.2, -0.15) is 12.7 Å². The molecule has 0 saturated carbocycles. The van der Waals surface area contributed by atoms with Crippen molar-refractivity contribution in [2.75, 3.05) is 42.4 Å². The van der Waals surface area contributed by atoms with Crippen molar-refractivity contribution in [1.29, 1.82) is 0 Å². The first-order valence-electron chi connectivity index (χ1n) is 19.5. The van der Waals surface area contributed by atoms with Gasteiger partial charge in [-0.15, -0.1) is 0 Å². The van der Waals surface area contributed by atoms with Crippen LogP contribution < -0.4 is 19.7 Å². The number of fused-ring (bicyclic) bond motifs is 2. The van der Waals surface area contributed by atoms with Gasteiger partial charge in [0.2, 0.25) is 17.6 Å². The molecule has 17 heteroatoms. The van der Waals surface area contributed by atoms with Gasteiger partial charge in [0.15, 0.2) is 5.82 Å². The SMILES string of the molecule is O=C1CC[C@H](N2Cc3cc(N4CC[C@@H](COc5ccc(-c6cnc7[nH]cc(C(=O)c8c(F)ccc(NS(=O)(=O)N9CCCC9)c8F)c7c6)cc5)C4)ccc3C2=O)C(=O)N1. The van der Waals surface area contributed by atoms with E-state index in [1.54, 1.807) is 17.2 Å². The molecule has 3 N–H and O–H groups in total. The Morgan fingerprint density at radius 1 is 0.949 bits per heavy atom. The van der Waals surface area contributed by atoms with E-state index in [0.717, 1.165) is 48.5 Å². The van der Waals surface area contributed by atoms with Gasteiger partial charge in [0.05, 0.1) is 17.9 Å². The molecular weight excluding hydrogens is 785 g/mol. The minimum Gasteiger partial charge on any atom is -0.493 e. The van der Waals surface area contributed by atoms with Gasteiger partial charge in [-0.25, -0.2) is 13.8 Å². The molecule has 4 aliphatic rings. The van der Waals surface area contributed by atoms with Crippen molar-refractivity contribution in [3.63, 3.8) is 0 Å². The highest BCUT2D eigenvalue weighted by atomic mass is 32.2. The smallest absolute Gasteiger partial charge is 0.301 e. The second-order valence-corrected chi connectivity index (χ2v) is 17.0. The normalized spacial score (nSPS) is 19.7. The van der Waals surface area contributed by atoms with Crippen LogP contribution in [0.2, 0.25) is 0 Å². The van der Waals surface area contributed by atoms with E-state index in [0.29, 0.717) is 60.3 Å². The molecule has 0 radical (unpaired) electrons. The summed E-state index contributed by atoms with van der Waals surface area (Å²) in [7, 11) is -4.09. The summed E-state index contributed by atoms with van der Waals surface area (Å²) in [6.07, 6.45) is 5.73. The maximum absolute atomic E-state index is 15.7. The minimum absolute atomic E-state index is 0.0279. The molecule has 304 valence electrons. The number of ketones is 1. The van der Waals surface area contributed by atoms with Crippen molar-refractivity contribution >= 4 is 56.1 Å². The maximum Gasteiger partial charge on any atom is 0.301 e. The van der Waals surface area contributed by atoms with Crippen molar-refractivity contribution < 1.29 is 41.1 Å². The summed E-state index contributed by atoms with van der Waals surface area (Å²) in [5.74, 6) is -3.44. The maximum atomic E-state index is 15.7. The highest BCUT2D eigenvalue weighted by molar-refractivity contribution is 7.90. The van der Waals surface area contributed by atoms with E-state index in [1.165, 1.54) is 10.5 Å². The molecule has 14 nitrogen and oxygen atoms in total. The molecule has 3 aromatic carbocycles. The third kappa shape index (κ3) is 7.28. The van der Waals surface area contributed by atoms with Gasteiger partial charge in [-0.3, -0.25) is 29.2 Å². The lowest BCUT2D eigenvalue weighted by Crippen LogP contribution is -2.52. The zero-order valence-electron chi connectivity index (χ0n) is 31.7. The Kier molecular flexibility index (Phi) is 9.87. The average molecular weight is 824 g/mol. The number of piperidine rings is 1. The van der Waals surface area contributed by atoms with Gasteiger partial charge in [0.1, 0.15) is 23.3 Å². The summed E-state index contributed by atoms with van der Waals surface area (Å²) in [4.78, 5) is 62.0. The van der Waals surface area contributed by atoms with Crippen LogP contribution in [0.15, 0.2) is 73.1 Å². The summed E-state index contributed by atoms with van der Waals surface area (Å²) in [6.45, 7) is 2.95. The molecule has 6 heterocycles. The van der Waals surface area contributed by atoms with Crippen molar-refractivity contribution in [2.45, 2.75) is 44.7 Å². The molecule has 3 saturated heterocycles. The summed E-state index contributed by atoms with van der Waals surface area (Å²) in [5, 5.41) is 2.67. The Labute approximate surface area is 337 Å². The number of pyridine rings is 1. The molecule has 9 rings (SSSR count). The van der Waals surface area contributed by atoms with Gasteiger partial charge in [-0.05, 0) is 85.3 Å². The number of aromatic amines is 1. The number of benzene rings is 3. The summed E-state index contributed by atoms with van der Waals surface area (Å²) >= 11 is 0. The number of aromatic nitrogens is 2. The highest BCUT2D eigenvalue weighted by Gasteiger charge is 2.39. The van der Waals surface area contributed by atoms with Crippen molar-refractivity contribution in [3.05, 3.63) is 107 Å². The van der Waals surface area contributed by atoms with E-state index in [-0.39, 0.29) is 42.8 Å². The predicted molar refractivity (Wildman–Crippen MR) is 213 cm³/mol. The van der Waals surface area contributed by atoms with Crippen LogP contribution in [0.5, 0.6) is 5.75 Å². The number of anilines is 2. The number of nitrogens with one attached hydrogen (secondary N) is 3. The Morgan fingerprint density at radius 3 is 2.53 bits per heavy atom. The highest BCUT2D eigenvalue weighted by Crippen LogP contribution is 2.34. The number of carbonyl (C=O) groups is 4. The van der Waals surface area contributed by atoms with Crippen LogP contribution in [0.3, 0.4) is 0 Å². The fraction of sp³-hybridized carbons (Fsp3) is 0.310. The number of H-pyrrole nitrogens is 1. The monoisotopic (exact) mass is 823 g/mol. The van der Waals surface area contributed by atoms with Crippen molar-refractivity contribution in [3.8, 4) is 16.9 Å². The van der Waals surface area contributed by atoms with E-state index in [2.05, 4.69) is 24.9 Å². The lowest BCUT2D eigenvalue weighted by molar-refractivity contribution is -0.136. The predicted octanol–water partition coefficient (Wildman–Crippen LogP) is 5.16. The van der Waals surface area contributed by atoms with Gasteiger partial charge < -0.3 is 19.5 Å². The number of nitrogens with zero attached hydrogens (tertiary/aromatic N) is 4. The second-order valence-electron chi connectivity index (χ2n) is 15.3. The zero-order valence-corrected chi connectivity index (χ0v) is 32.5. The minimum atomic E-state index is -4.09. The molecule has 2 aromatic heterocycles. The standard InChI is InChI=1S/C42H39F2N7O7S/c43-33-9-10-34(48-59(56,57)50-14-1-2-15-50)38(44)37(33)39(53)32-20-46-40-31(32)18-26(19-45-40)25-3-6-29(7-4-25)58-23-24-13-16-49(21-24)28-5-8-30-27(17-28)22-51(42(30)55)35-11-12-36(52)47-41(35)54/h3-10,17-20,24,35,48H,1-2,11-16,21-23H2,(H,45,46)(H,47,52,54)/t24-,35+/m1/s1. The fourth-order valence-electron chi connectivity index (χ4n) is 8.37. The lowest BCUT2D eigenvalue weighted by Gasteiger charge is -2.29. The largest absolute Gasteiger partial charge is 0.493 e. The Bertz CT molecular complexity index is 2650. The molecule has 5 aromatic rings. The van der Waals surface area contributed by atoms with Crippen LogP contribution in [0.1, 0.15) is 63.9 Å². The number of carbonyl (C=O) groups excluding carboxylic acids is 4. The molecular formula is C42H39F2N7O7S. The Hall–Kier alpha value is -6.20. The Morgan fingerprint density at radius 2 is 1.75 bits per heavy atom. The first kappa shape index (κ1) is 38.3. The van der Waals surface area contributed by atoms with Crippen molar-refractivity contribution in [1.82, 2.24) is 24.5 Å². The summed E-state index contributed by atoms with van der Waals surface area (Å²) < 4.78 is 65.9. The molecule has 2 atom stereocenters. The second kappa shape index (κ2) is 15.2. The van der Waals surface area contributed by atoms with E-state index >= 15 is 8.78 Å². The fourth-order valence-corrected chi connectivity index (χ4v) is 9.68. The topological polar surface area (TPSA) is 174 Å². The van der Waals surface area contributed by atoms with Crippen LogP contribution >= 0.6 is 0 Å². The number of hydrogen-bond acceptors (Lipinski definition) is 9. The number of ether oxygens (including phenoxy) is 1. The molecule has 3 amide bonds. The third-order valence-electron chi connectivity index (χ3n) is 11.6. The van der Waals surface area contributed by atoms with Gasteiger partial charge in [-0.1, -0.05) is 12.1 Å². The van der Waals surface area contributed by atoms with Crippen LogP contribution in [-0.2, 0) is 26.3 Å². The van der Waals surface area contributed by atoms with Crippen LogP contribution in [0.25, 0.3) is 22.2 Å². The van der Waals surface area contributed by atoms with Crippen LogP contribution in [0.4, 0.5) is 20.2 Å². The molecule has 59 heavy (non-hydrogen) atoms. The zero-order chi connectivity index (χ0) is 41.0. The lowest BCUT2D eigenvalue weighted by atomic mass is 10.00. The quantitative estimate of drug-likeness (QED) is 0.120. The molecule has 0 spiro atoms. The third-order valence-corrected chi connectivity index (χ3v) is 13.1.